The zero-order valence-electron chi connectivity index (χ0n) is 14.8. The van der Waals surface area contributed by atoms with Crippen molar-refractivity contribution in [3.63, 3.8) is 0 Å². The molecule has 130 valence electrons. The minimum Gasteiger partial charge on any atom is -0.493 e. The van der Waals surface area contributed by atoms with Crippen molar-refractivity contribution in [1.82, 2.24) is 0 Å². The van der Waals surface area contributed by atoms with Crippen LogP contribution < -0.4 is 9.47 Å². The van der Waals surface area contributed by atoms with Gasteiger partial charge in [-0.05, 0) is 49.7 Å². The predicted octanol–water partition coefficient (Wildman–Crippen LogP) is 5.59. The standard InChI is InChI=1S/C22H30O2/c1-2-18-13-21(23-16-19-9-5-3-6-10-19)15-22(14-18)24-17-20-11-7-4-8-12-20/h1,13-15,19-20H,3-12,16-17H2. The maximum Gasteiger partial charge on any atom is 0.124 e. The second kappa shape index (κ2) is 9.02. The molecule has 2 fully saturated rings. The Morgan fingerprint density at radius 2 is 1.21 bits per heavy atom. The van der Waals surface area contributed by atoms with Crippen LogP contribution in [0.1, 0.15) is 69.8 Å². The number of rotatable bonds is 6. The van der Waals surface area contributed by atoms with Crippen LogP contribution in [-0.2, 0) is 0 Å². The van der Waals surface area contributed by atoms with Crippen LogP contribution >= 0.6 is 0 Å². The first kappa shape index (κ1) is 17.2. The molecule has 0 aromatic heterocycles. The SMILES string of the molecule is C#Cc1cc(OCC2CCCCC2)cc(OCC2CCCCC2)c1. The van der Waals surface area contributed by atoms with Crippen molar-refractivity contribution in [3.8, 4) is 23.8 Å². The second-order valence-electron chi connectivity index (χ2n) is 7.47. The van der Waals surface area contributed by atoms with Crippen LogP contribution in [0, 0.1) is 24.2 Å². The molecule has 2 nitrogen and oxygen atoms in total. The van der Waals surface area contributed by atoms with Gasteiger partial charge in [0.1, 0.15) is 11.5 Å². The molecule has 1 aromatic rings. The van der Waals surface area contributed by atoms with Gasteiger partial charge in [-0.25, -0.2) is 0 Å². The summed E-state index contributed by atoms with van der Waals surface area (Å²) in [5.41, 5.74) is 0.842. The van der Waals surface area contributed by atoms with Crippen molar-refractivity contribution in [2.24, 2.45) is 11.8 Å². The molecule has 2 aliphatic rings. The summed E-state index contributed by atoms with van der Waals surface area (Å²) in [5, 5.41) is 0. The molecule has 2 saturated carbocycles. The van der Waals surface area contributed by atoms with Gasteiger partial charge < -0.3 is 9.47 Å². The number of ether oxygens (including phenoxy) is 2. The van der Waals surface area contributed by atoms with Crippen LogP contribution in [0.15, 0.2) is 18.2 Å². The lowest BCUT2D eigenvalue weighted by molar-refractivity contribution is 0.200. The van der Waals surface area contributed by atoms with E-state index in [1.807, 2.05) is 18.2 Å². The molecule has 1 aromatic carbocycles. The molecule has 0 saturated heterocycles. The maximum absolute atomic E-state index is 6.04. The fourth-order valence-corrected chi connectivity index (χ4v) is 3.96. The number of terminal acetylenes is 1. The molecule has 2 heteroatoms. The lowest BCUT2D eigenvalue weighted by Crippen LogP contribution is -2.16. The van der Waals surface area contributed by atoms with E-state index in [1.54, 1.807) is 0 Å². The Labute approximate surface area is 146 Å². The molecule has 2 aliphatic carbocycles. The van der Waals surface area contributed by atoms with Crippen molar-refractivity contribution in [1.29, 1.82) is 0 Å². The minimum atomic E-state index is 0.694. The Bertz CT molecular complexity index is 505. The molecular weight excluding hydrogens is 296 g/mol. The van der Waals surface area contributed by atoms with Gasteiger partial charge in [0.2, 0.25) is 0 Å². The average Bonchev–Trinajstić information content (AvgIpc) is 2.66. The van der Waals surface area contributed by atoms with Crippen molar-refractivity contribution < 1.29 is 9.47 Å². The average molecular weight is 326 g/mol. The molecule has 0 unspecified atom stereocenters. The van der Waals surface area contributed by atoms with Crippen LogP contribution in [0.4, 0.5) is 0 Å². The van der Waals surface area contributed by atoms with Crippen LogP contribution in [0.25, 0.3) is 0 Å². The largest absolute Gasteiger partial charge is 0.493 e. The monoisotopic (exact) mass is 326 g/mol. The lowest BCUT2D eigenvalue weighted by Gasteiger charge is -2.23. The molecule has 0 heterocycles. The quantitative estimate of drug-likeness (QED) is 0.635. The van der Waals surface area contributed by atoms with Gasteiger partial charge in [-0.2, -0.15) is 0 Å². The predicted molar refractivity (Wildman–Crippen MR) is 98.5 cm³/mol. The lowest BCUT2D eigenvalue weighted by atomic mass is 9.90. The highest BCUT2D eigenvalue weighted by Crippen LogP contribution is 2.29. The highest BCUT2D eigenvalue weighted by molar-refractivity contribution is 5.45. The summed E-state index contributed by atoms with van der Waals surface area (Å²) in [6, 6.07) is 5.92. The smallest absolute Gasteiger partial charge is 0.124 e. The molecular formula is C22H30O2. The van der Waals surface area contributed by atoms with E-state index >= 15 is 0 Å². The Morgan fingerprint density at radius 3 is 1.62 bits per heavy atom. The molecule has 0 amide bonds. The molecule has 0 spiro atoms. The highest BCUT2D eigenvalue weighted by atomic mass is 16.5. The van der Waals surface area contributed by atoms with Gasteiger partial charge in [-0.1, -0.05) is 44.4 Å². The molecule has 0 aliphatic heterocycles. The molecule has 0 radical (unpaired) electrons. The van der Waals surface area contributed by atoms with E-state index in [4.69, 9.17) is 15.9 Å². The summed E-state index contributed by atoms with van der Waals surface area (Å²) in [7, 11) is 0. The minimum absolute atomic E-state index is 0.694. The Hall–Kier alpha value is -1.62. The summed E-state index contributed by atoms with van der Waals surface area (Å²) in [5.74, 6) is 5.82. The van der Waals surface area contributed by atoms with Crippen molar-refractivity contribution in [2.45, 2.75) is 64.2 Å². The first-order valence-corrected chi connectivity index (χ1v) is 9.71. The van der Waals surface area contributed by atoms with Gasteiger partial charge >= 0.3 is 0 Å². The maximum atomic E-state index is 6.04. The Balaban J connectivity index is 1.56. The summed E-state index contributed by atoms with van der Waals surface area (Å²) < 4.78 is 12.1. The third-order valence-corrected chi connectivity index (χ3v) is 5.47. The molecule has 0 atom stereocenters. The van der Waals surface area contributed by atoms with Crippen molar-refractivity contribution in [2.75, 3.05) is 13.2 Å². The van der Waals surface area contributed by atoms with E-state index in [-0.39, 0.29) is 0 Å². The summed E-state index contributed by atoms with van der Waals surface area (Å²) in [6.07, 6.45) is 18.9. The van der Waals surface area contributed by atoms with Gasteiger partial charge in [0.25, 0.3) is 0 Å². The van der Waals surface area contributed by atoms with Crippen LogP contribution in [-0.4, -0.2) is 13.2 Å². The van der Waals surface area contributed by atoms with Gasteiger partial charge in [-0.15, -0.1) is 6.42 Å². The second-order valence-corrected chi connectivity index (χ2v) is 7.47. The van der Waals surface area contributed by atoms with Gasteiger partial charge in [0, 0.05) is 11.6 Å². The van der Waals surface area contributed by atoms with E-state index in [0.29, 0.717) is 11.8 Å². The Morgan fingerprint density at radius 1 is 0.750 bits per heavy atom. The zero-order valence-corrected chi connectivity index (χ0v) is 14.8. The van der Waals surface area contributed by atoms with E-state index in [2.05, 4.69) is 5.92 Å². The molecule has 3 rings (SSSR count). The van der Waals surface area contributed by atoms with Crippen LogP contribution in [0.2, 0.25) is 0 Å². The van der Waals surface area contributed by atoms with Crippen LogP contribution in [0.5, 0.6) is 11.5 Å². The highest BCUT2D eigenvalue weighted by Gasteiger charge is 2.16. The first-order chi connectivity index (χ1) is 11.8. The van der Waals surface area contributed by atoms with Gasteiger partial charge in [-0.3, -0.25) is 0 Å². The van der Waals surface area contributed by atoms with E-state index in [1.165, 1.54) is 64.2 Å². The topological polar surface area (TPSA) is 18.5 Å². The molecule has 24 heavy (non-hydrogen) atoms. The first-order valence-electron chi connectivity index (χ1n) is 9.71. The van der Waals surface area contributed by atoms with Gasteiger partial charge in [0.05, 0.1) is 13.2 Å². The fraction of sp³-hybridized carbons (Fsp3) is 0.636. The fourth-order valence-electron chi connectivity index (χ4n) is 3.96. The number of benzene rings is 1. The Kier molecular flexibility index (Phi) is 6.47. The summed E-state index contributed by atoms with van der Waals surface area (Å²) >= 11 is 0. The van der Waals surface area contributed by atoms with E-state index in [0.717, 1.165) is 30.3 Å². The van der Waals surface area contributed by atoms with Crippen LogP contribution in [0.3, 0.4) is 0 Å². The van der Waals surface area contributed by atoms with Crippen molar-refractivity contribution >= 4 is 0 Å². The zero-order chi connectivity index (χ0) is 16.6. The van der Waals surface area contributed by atoms with Crippen molar-refractivity contribution in [3.05, 3.63) is 23.8 Å². The third-order valence-electron chi connectivity index (χ3n) is 5.47. The normalized spacial score (nSPS) is 19.6. The summed E-state index contributed by atoms with van der Waals surface area (Å²) in [6.45, 7) is 1.60. The number of hydrogen-bond donors (Lipinski definition) is 0. The molecule has 0 bridgehead atoms. The van der Waals surface area contributed by atoms with Gasteiger partial charge in [0.15, 0.2) is 0 Å². The number of hydrogen-bond acceptors (Lipinski definition) is 2. The van der Waals surface area contributed by atoms with E-state index in [9.17, 15) is 0 Å². The molecule has 0 N–H and O–H groups in total. The third kappa shape index (κ3) is 5.20. The van der Waals surface area contributed by atoms with E-state index < -0.39 is 0 Å². The summed E-state index contributed by atoms with van der Waals surface area (Å²) in [4.78, 5) is 0.